The summed E-state index contributed by atoms with van der Waals surface area (Å²) in [5.74, 6) is -1.70. The Morgan fingerprint density at radius 1 is 1.11 bits per heavy atom. The third-order valence-electron chi connectivity index (χ3n) is 4.50. The van der Waals surface area contributed by atoms with Gasteiger partial charge in [0.25, 0.3) is 5.91 Å². The number of amides is 1. The maximum Gasteiger partial charge on any atom is 0.326 e. The highest BCUT2D eigenvalue weighted by molar-refractivity contribution is 6.05. The SMILES string of the molecule is CC(=O)c1c(C)[nH]c(C(=O)C(C)OC(=O)CNC(=O)c2ccccc2C)c1C. The van der Waals surface area contributed by atoms with Crippen LogP contribution in [0.2, 0.25) is 0 Å². The number of Topliss-reactive ketones (excluding diaryl/α,β-unsaturated/α-hetero) is 2. The van der Waals surface area contributed by atoms with Crippen molar-refractivity contribution in [1.29, 1.82) is 0 Å². The van der Waals surface area contributed by atoms with Crippen LogP contribution in [0.15, 0.2) is 24.3 Å². The zero-order valence-electron chi connectivity index (χ0n) is 16.6. The first-order chi connectivity index (χ1) is 13.1. The topological polar surface area (TPSA) is 105 Å². The van der Waals surface area contributed by atoms with Gasteiger partial charge in [-0.3, -0.25) is 19.2 Å². The summed E-state index contributed by atoms with van der Waals surface area (Å²) in [4.78, 5) is 51.3. The van der Waals surface area contributed by atoms with Crippen LogP contribution in [0.1, 0.15) is 61.9 Å². The smallest absolute Gasteiger partial charge is 0.326 e. The Balaban J connectivity index is 1.98. The number of carbonyl (C=O) groups is 4. The summed E-state index contributed by atoms with van der Waals surface area (Å²) >= 11 is 0. The molecule has 2 rings (SSSR count). The summed E-state index contributed by atoms with van der Waals surface area (Å²) in [6.07, 6.45) is -1.06. The summed E-state index contributed by atoms with van der Waals surface area (Å²) < 4.78 is 5.14. The van der Waals surface area contributed by atoms with E-state index in [1.54, 1.807) is 39.0 Å². The molecule has 0 saturated carbocycles. The number of aromatic amines is 1. The molecule has 0 radical (unpaired) electrons. The van der Waals surface area contributed by atoms with E-state index in [2.05, 4.69) is 10.3 Å². The van der Waals surface area contributed by atoms with E-state index in [9.17, 15) is 19.2 Å². The van der Waals surface area contributed by atoms with Gasteiger partial charge in [0.15, 0.2) is 11.9 Å². The van der Waals surface area contributed by atoms with E-state index in [1.807, 2.05) is 6.07 Å². The Morgan fingerprint density at radius 3 is 2.32 bits per heavy atom. The van der Waals surface area contributed by atoms with Crippen molar-refractivity contribution < 1.29 is 23.9 Å². The first-order valence-electron chi connectivity index (χ1n) is 8.91. The quantitative estimate of drug-likeness (QED) is 0.564. The first-order valence-corrected chi connectivity index (χ1v) is 8.91. The van der Waals surface area contributed by atoms with Gasteiger partial charge in [-0.1, -0.05) is 18.2 Å². The van der Waals surface area contributed by atoms with Crippen molar-refractivity contribution in [2.75, 3.05) is 6.54 Å². The van der Waals surface area contributed by atoms with E-state index >= 15 is 0 Å². The largest absolute Gasteiger partial charge is 0.453 e. The van der Waals surface area contributed by atoms with Crippen molar-refractivity contribution in [3.05, 3.63) is 57.9 Å². The van der Waals surface area contributed by atoms with Gasteiger partial charge in [0.05, 0.1) is 5.69 Å². The zero-order valence-corrected chi connectivity index (χ0v) is 16.6. The van der Waals surface area contributed by atoms with E-state index in [0.29, 0.717) is 22.4 Å². The maximum absolute atomic E-state index is 12.6. The molecule has 0 fully saturated rings. The minimum atomic E-state index is -1.06. The van der Waals surface area contributed by atoms with Gasteiger partial charge >= 0.3 is 5.97 Å². The third kappa shape index (κ3) is 4.54. The van der Waals surface area contributed by atoms with Gasteiger partial charge in [-0.2, -0.15) is 0 Å². The van der Waals surface area contributed by atoms with Crippen molar-refractivity contribution in [3.63, 3.8) is 0 Å². The molecule has 2 aromatic rings. The van der Waals surface area contributed by atoms with Crippen LogP contribution in [-0.2, 0) is 9.53 Å². The molecule has 7 heteroatoms. The molecule has 1 aromatic carbocycles. The van der Waals surface area contributed by atoms with Crippen LogP contribution >= 0.6 is 0 Å². The standard InChI is InChI=1S/C21H24N2O5/c1-11-8-6-7-9-16(11)21(27)22-10-17(25)28-15(5)20(26)19-12(2)18(14(4)24)13(3)23-19/h6-9,15,23H,10H2,1-5H3,(H,22,27). The predicted octanol–water partition coefficient (Wildman–Crippen LogP) is 2.69. The van der Waals surface area contributed by atoms with Crippen LogP contribution in [0.3, 0.4) is 0 Å². The van der Waals surface area contributed by atoms with Gasteiger partial charge in [-0.15, -0.1) is 0 Å². The fourth-order valence-electron chi connectivity index (χ4n) is 3.10. The Bertz CT molecular complexity index is 942. The minimum absolute atomic E-state index is 0.145. The lowest BCUT2D eigenvalue weighted by Gasteiger charge is -2.13. The Kier molecular flexibility index (Phi) is 6.51. The summed E-state index contributed by atoms with van der Waals surface area (Å²) in [6, 6.07) is 7.00. The van der Waals surface area contributed by atoms with Crippen LogP contribution in [0.4, 0.5) is 0 Å². The first kappa shape index (κ1) is 21.1. The molecule has 0 aliphatic rings. The molecule has 1 amide bonds. The molecular weight excluding hydrogens is 360 g/mol. The highest BCUT2D eigenvalue weighted by Crippen LogP contribution is 2.20. The van der Waals surface area contributed by atoms with E-state index < -0.39 is 23.8 Å². The number of benzene rings is 1. The number of esters is 1. The normalized spacial score (nSPS) is 11.6. The number of aryl methyl sites for hydroxylation is 2. The lowest BCUT2D eigenvalue weighted by Crippen LogP contribution is -2.34. The number of nitrogens with one attached hydrogen (secondary N) is 2. The lowest BCUT2D eigenvalue weighted by molar-refractivity contribution is -0.145. The van der Waals surface area contributed by atoms with Gasteiger partial charge in [-0.05, 0) is 51.8 Å². The Labute approximate surface area is 163 Å². The van der Waals surface area contributed by atoms with Gasteiger partial charge in [0, 0.05) is 16.8 Å². The van der Waals surface area contributed by atoms with Crippen LogP contribution < -0.4 is 5.32 Å². The second-order valence-electron chi connectivity index (χ2n) is 6.68. The molecule has 0 bridgehead atoms. The van der Waals surface area contributed by atoms with E-state index in [-0.39, 0.29) is 18.0 Å². The van der Waals surface area contributed by atoms with Crippen molar-refractivity contribution in [2.45, 2.75) is 40.7 Å². The van der Waals surface area contributed by atoms with Crippen molar-refractivity contribution in [2.24, 2.45) is 0 Å². The number of hydrogen-bond acceptors (Lipinski definition) is 5. The number of aromatic nitrogens is 1. The molecule has 0 spiro atoms. The molecule has 0 aliphatic carbocycles. The Hall–Kier alpha value is -3.22. The van der Waals surface area contributed by atoms with Crippen molar-refractivity contribution in [1.82, 2.24) is 10.3 Å². The van der Waals surface area contributed by atoms with E-state index in [0.717, 1.165) is 5.56 Å². The highest BCUT2D eigenvalue weighted by Gasteiger charge is 2.26. The zero-order chi connectivity index (χ0) is 21.0. The van der Waals surface area contributed by atoms with Crippen LogP contribution in [0.25, 0.3) is 0 Å². The second-order valence-corrected chi connectivity index (χ2v) is 6.68. The number of rotatable bonds is 7. The number of ketones is 2. The second kappa shape index (κ2) is 8.65. The van der Waals surface area contributed by atoms with E-state index in [4.69, 9.17) is 4.74 Å². The summed E-state index contributed by atoms with van der Waals surface area (Å²) in [6.45, 7) is 7.70. The molecule has 28 heavy (non-hydrogen) atoms. The summed E-state index contributed by atoms with van der Waals surface area (Å²) in [5, 5.41) is 2.49. The van der Waals surface area contributed by atoms with E-state index in [1.165, 1.54) is 13.8 Å². The van der Waals surface area contributed by atoms with Crippen LogP contribution in [0.5, 0.6) is 0 Å². The molecule has 7 nitrogen and oxygen atoms in total. The van der Waals surface area contributed by atoms with Gasteiger partial charge in [-0.25, -0.2) is 0 Å². The lowest BCUT2D eigenvalue weighted by atomic mass is 10.0. The van der Waals surface area contributed by atoms with Crippen LogP contribution in [0, 0.1) is 20.8 Å². The molecular formula is C21H24N2O5. The number of ether oxygens (including phenoxy) is 1. The molecule has 1 aromatic heterocycles. The summed E-state index contributed by atoms with van der Waals surface area (Å²) in [5.41, 5.74) is 3.09. The predicted molar refractivity (Wildman–Crippen MR) is 104 cm³/mol. The van der Waals surface area contributed by atoms with Crippen molar-refractivity contribution >= 4 is 23.4 Å². The van der Waals surface area contributed by atoms with Gasteiger partial charge in [0.2, 0.25) is 5.78 Å². The summed E-state index contributed by atoms with van der Waals surface area (Å²) in [7, 11) is 0. The van der Waals surface area contributed by atoms with Gasteiger partial charge in [0.1, 0.15) is 6.54 Å². The average Bonchev–Trinajstić information content (AvgIpc) is 2.93. The monoisotopic (exact) mass is 384 g/mol. The number of carbonyl (C=O) groups excluding carboxylic acids is 4. The van der Waals surface area contributed by atoms with Crippen molar-refractivity contribution in [3.8, 4) is 0 Å². The number of H-pyrrole nitrogens is 1. The molecule has 148 valence electrons. The molecule has 1 atom stereocenters. The third-order valence-corrected chi connectivity index (χ3v) is 4.50. The Morgan fingerprint density at radius 2 is 1.75 bits per heavy atom. The van der Waals surface area contributed by atoms with Crippen LogP contribution in [-0.4, -0.2) is 41.1 Å². The molecule has 1 unspecified atom stereocenters. The molecule has 1 heterocycles. The molecule has 0 aliphatic heterocycles. The highest BCUT2D eigenvalue weighted by atomic mass is 16.5. The fourth-order valence-corrected chi connectivity index (χ4v) is 3.10. The maximum atomic E-state index is 12.6. The molecule has 2 N–H and O–H groups in total. The fraction of sp³-hybridized carbons (Fsp3) is 0.333. The molecule has 0 saturated heterocycles. The van der Waals surface area contributed by atoms with Gasteiger partial charge < -0.3 is 15.0 Å². The average molecular weight is 384 g/mol. The minimum Gasteiger partial charge on any atom is -0.453 e. The number of hydrogen-bond donors (Lipinski definition) is 2.